The highest BCUT2D eigenvalue weighted by Gasteiger charge is 2.33. The zero-order valence-electron chi connectivity index (χ0n) is 12.9. The average Bonchev–Trinajstić information content (AvgIpc) is 2.29. The van der Waals surface area contributed by atoms with Crippen molar-refractivity contribution in [3.63, 3.8) is 0 Å². The molecule has 0 saturated carbocycles. The molecule has 4 heteroatoms. The van der Waals surface area contributed by atoms with Crippen molar-refractivity contribution in [2.45, 2.75) is 59.0 Å². The van der Waals surface area contributed by atoms with Crippen molar-refractivity contribution in [1.82, 2.24) is 10.2 Å². The molecule has 0 aromatic heterocycles. The van der Waals surface area contributed by atoms with E-state index >= 15 is 0 Å². The first-order chi connectivity index (χ1) is 8.37. The van der Waals surface area contributed by atoms with Crippen molar-refractivity contribution in [3.8, 4) is 0 Å². The second kappa shape index (κ2) is 8.48. The van der Waals surface area contributed by atoms with Crippen LogP contribution in [-0.2, 0) is 9.53 Å². The van der Waals surface area contributed by atoms with Gasteiger partial charge >= 0.3 is 5.97 Å². The number of esters is 1. The standard InChI is InChI=1S/C14H30N2O2/c1-7-15-14(5,13(17)18-8-2)10-9-11-16(6)12(3)4/h12,15H,7-11H2,1-6H3. The second-order valence-electron chi connectivity index (χ2n) is 5.26. The Hall–Kier alpha value is -0.610. The molecule has 0 aliphatic heterocycles. The quantitative estimate of drug-likeness (QED) is 0.643. The summed E-state index contributed by atoms with van der Waals surface area (Å²) in [6.07, 6.45) is 1.79. The molecule has 0 saturated heterocycles. The zero-order chi connectivity index (χ0) is 14.2. The molecule has 0 radical (unpaired) electrons. The van der Waals surface area contributed by atoms with E-state index < -0.39 is 5.54 Å². The summed E-state index contributed by atoms with van der Waals surface area (Å²) in [5.74, 6) is -0.140. The van der Waals surface area contributed by atoms with E-state index in [9.17, 15) is 4.79 Å². The minimum Gasteiger partial charge on any atom is -0.465 e. The molecular weight excluding hydrogens is 228 g/mol. The van der Waals surface area contributed by atoms with Crippen LogP contribution in [0.15, 0.2) is 0 Å². The molecule has 0 aromatic rings. The average molecular weight is 258 g/mol. The van der Waals surface area contributed by atoms with Gasteiger partial charge in [0, 0.05) is 6.04 Å². The highest BCUT2D eigenvalue weighted by atomic mass is 16.5. The number of hydrogen-bond acceptors (Lipinski definition) is 4. The van der Waals surface area contributed by atoms with Gasteiger partial charge in [-0.1, -0.05) is 6.92 Å². The summed E-state index contributed by atoms with van der Waals surface area (Å²) in [6.45, 7) is 12.3. The van der Waals surface area contributed by atoms with E-state index in [1.165, 1.54) is 0 Å². The highest BCUT2D eigenvalue weighted by Crippen LogP contribution is 2.15. The van der Waals surface area contributed by atoms with Crippen LogP contribution in [-0.4, -0.2) is 49.2 Å². The predicted octanol–water partition coefficient (Wildman–Crippen LogP) is 2.04. The minimum atomic E-state index is -0.553. The van der Waals surface area contributed by atoms with Gasteiger partial charge in [-0.2, -0.15) is 0 Å². The summed E-state index contributed by atoms with van der Waals surface area (Å²) in [7, 11) is 2.11. The maximum absolute atomic E-state index is 12.0. The lowest BCUT2D eigenvalue weighted by Gasteiger charge is -2.29. The van der Waals surface area contributed by atoms with E-state index in [0.29, 0.717) is 12.6 Å². The van der Waals surface area contributed by atoms with Crippen LogP contribution in [0.4, 0.5) is 0 Å². The Morgan fingerprint density at radius 1 is 1.39 bits per heavy atom. The predicted molar refractivity (Wildman–Crippen MR) is 75.7 cm³/mol. The summed E-state index contributed by atoms with van der Waals surface area (Å²) in [5.41, 5.74) is -0.553. The van der Waals surface area contributed by atoms with Crippen LogP contribution in [0, 0.1) is 0 Å². The van der Waals surface area contributed by atoms with Crippen molar-refractivity contribution in [2.24, 2.45) is 0 Å². The van der Waals surface area contributed by atoms with E-state index in [0.717, 1.165) is 25.9 Å². The molecule has 0 amide bonds. The Morgan fingerprint density at radius 3 is 2.44 bits per heavy atom. The van der Waals surface area contributed by atoms with Gasteiger partial charge in [0.1, 0.15) is 5.54 Å². The number of rotatable bonds is 9. The Balaban J connectivity index is 4.30. The third kappa shape index (κ3) is 5.83. The van der Waals surface area contributed by atoms with E-state index in [-0.39, 0.29) is 5.97 Å². The lowest BCUT2D eigenvalue weighted by Crippen LogP contribution is -2.50. The van der Waals surface area contributed by atoms with E-state index in [2.05, 4.69) is 31.1 Å². The maximum atomic E-state index is 12.0. The highest BCUT2D eigenvalue weighted by molar-refractivity contribution is 5.80. The van der Waals surface area contributed by atoms with Crippen molar-refractivity contribution < 1.29 is 9.53 Å². The maximum Gasteiger partial charge on any atom is 0.326 e. The molecule has 0 heterocycles. The van der Waals surface area contributed by atoms with E-state index in [1.807, 2.05) is 20.8 Å². The Kier molecular flexibility index (Phi) is 8.20. The second-order valence-corrected chi connectivity index (χ2v) is 5.26. The molecule has 0 bridgehead atoms. The van der Waals surface area contributed by atoms with Crippen molar-refractivity contribution in [3.05, 3.63) is 0 Å². The molecule has 1 N–H and O–H groups in total. The number of nitrogens with one attached hydrogen (secondary N) is 1. The molecule has 18 heavy (non-hydrogen) atoms. The molecule has 0 rings (SSSR count). The number of carbonyl (C=O) groups excluding carboxylic acids is 1. The molecule has 0 spiro atoms. The zero-order valence-corrected chi connectivity index (χ0v) is 12.9. The lowest BCUT2D eigenvalue weighted by molar-refractivity contribution is -0.150. The molecule has 0 aliphatic carbocycles. The fraction of sp³-hybridized carbons (Fsp3) is 0.929. The van der Waals surface area contributed by atoms with Gasteiger partial charge in [0.15, 0.2) is 0 Å². The fourth-order valence-electron chi connectivity index (χ4n) is 1.88. The van der Waals surface area contributed by atoms with Crippen LogP contribution in [0.3, 0.4) is 0 Å². The molecule has 108 valence electrons. The molecule has 0 aromatic carbocycles. The smallest absolute Gasteiger partial charge is 0.326 e. The molecule has 1 atom stereocenters. The number of likely N-dealkylation sites (N-methyl/N-ethyl adjacent to an activating group) is 1. The van der Waals surface area contributed by atoms with Gasteiger partial charge in [-0.25, -0.2) is 0 Å². The van der Waals surface area contributed by atoms with Gasteiger partial charge in [0.25, 0.3) is 0 Å². The summed E-state index contributed by atoms with van der Waals surface area (Å²) >= 11 is 0. The molecule has 0 fully saturated rings. The molecular formula is C14H30N2O2. The van der Waals surface area contributed by atoms with Crippen LogP contribution >= 0.6 is 0 Å². The van der Waals surface area contributed by atoms with Crippen LogP contribution in [0.5, 0.6) is 0 Å². The van der Waals surface area contributed by atoms with Crippen LogP contribution in [0.25, 0.3) is 0 Å². The molecule has 4 nitrogen and oxygen atoms in total. The number of ether oxygens (including phenoxy) is 1. The first-order valence-corrected chi connectivity index (χ1v) is 6.99. The Morgan fingerprint density at radius 2 is 2.00 bits per heavy atom. The number of hydrogen-bond donors (Lipinski definition) is 1. The number of nitrogens with zero attached hydrogens (tertiary/aromatic N) is 1. The topological polar surface area (TPSA) is 41.6 Å². The van der Waals surface area contributed by atoms with Crippen molar-refractivity contribution >= 4 is 5.97 Å². The van der Waals surface area contributed by atoms with Crippen LogP contribution < -0.4 is 5.32 Å². The largest absolute Gasteiger partial charge is 0.465 e. The first-order valence-electron chi connectivity index (χ1n) is 6.99. The van der Waals surface area contributed by atoms with Crippen molar-refractivity contribution in [2.75, 3.05) is 26.7 Å². The summed E-state index contributed by atoms with van der Waals surface area (Å²) in [5, 5.41) is 3.25. The third-order valence-corrected chi connectivity index (χ3v) is 3.36. The van der Waals surface area contributed by atoms with Crippen LogP contribution in [0.2, 0.25) is 0 Å². The van der Waals surface area contributed by atoms with Gasteiger partial charge in [-0.05, 0) is 60.7 Å². The minimum absolute atomic E-state index is 0.140. The normalized spacial score (nSPS) is 14.9. The molecule has 1 unspecified atom stereocenters. The van der Waals surface area contributed by atoms with Gasteiger partial charge in [-0.3, -0.25) is 4.79 Å². The first kappa shape index (κ1) is 17.4. The van der Waals surface area contributed by atoms with E-state index in [1.54, 1.807) is 0 Å². The number of carbonyl (C=O) groups is 1. The molecule has 0 aliphatic rings. The Bertz CT molecular complexity index is 244. The van der Waals surface area contributed by atoms with Gasteiger partial charge < -0.3 is 15.0 Å². The summed E-state index contributed by atoms with van der Waals surface area (Å²) in [4.78, 5) is 14.3. The van der Waals surface area contributed by atoms with Gasteiger partial charge in [0.05, 0.1) is 6.61 Å². The van der Waals surface area contributed by atoms with Crippen LogP contribution in [0.1, 0.15) is 47.5 Å². The monoisotopic (exact) mass is 258 g/mol. The fourth-order valence-corrected chi connectivity index (χ4v) is 1.88. The summed E-state index contributed by atoms with van der Waals surface area (Å²) in [6, 6.07) is 0.540. The third-order valence-electron chi connectivity index (χ3n) is 3.36. The lowest BCUT2D eigenvalue weighted by atomic mass is 9.95. The van der Waals surface area contributed by atoms with Crippen molar-refractivity contribution in [1.29, 1.82) is 0 Å². The summed E-state index contributed by atoms with van der Waals surface area (Å²) < 4.78 is 5.15. The van der Waals surface area contributed by atoms with Gasteiger partial charge in [-0.15, -0.1) is 0 Å². The Labute approximate surface area is 112 Å². The van der Waals surface area contributed by atoms with E-state index in [4.69, 9.17) is 4.74 Å². The van der Waals surface area contributed by atoms with Gasteiger partial charge in [0.2, 0.25) is 0 Å². The SMILES string of the molecule is CCNC(C)(CCCN(C)C(C)C)C(=O)OCC.